The second-order valence-corrected chi connectivity index (χ2v) is 6.89. The molecule has 3 heterocycles. The molecule has 0 saturated carbocycles. The van der Waals surface area contributed by atoms with E-state index in [1.54, 1.807) is 13.1 Å². The SMILES string of the molecule is CN=CC(=CN)c1cc(C(=N)c2cc(N3CCn4ncnc4C3)ncn2)c(N)cc1F. The number of aromatic nitrogens is 5. The Kier molecular flexibility index (Phi) is 5.39. The number of benzene rings is 1. The highest BCUT2D eigenvalue weighted by atomic mass is 19.1. The number of halogens is 1. The summed E-state index contributed by atoms with van der Waals surface area (Å²) in [5.74, 6) is 0.949. The van der Waals surface area contributed by atoms with Crippen molar-refractivity contribution in [2.24, 2.45) is 10.7 Å². The van der Waals surface area contributed by atoms with E-state index in [2.05, 4.69) is 25.0 Å². The fourth-order valence-electron chi connectivity index (χ4n) is 3.42. The Balaban J connectivity index is 1.67. The molecule has 2 aromatic heterocycles. The third-order valence-electron chi connectivity index (χ3n) is 5.01. The van der Waals surface area contributed by atoms with Crippen LogP contribution in [0.1, 0.15) is 22.6 Å². The van der Waals surface area contributed by atoms with Gasteiger partial charge in [0.2, 0.25) is 0 Å². The number of aliphatic imine (C=N–C) groups is 1. The molecule has 0 amide bonds. The average molecular weight is 420 g/mol. The van der Waals surface area contributed by atoms with Crippen LogP contribution in [0.3, 0.4) is 0 Å². The first-order valence-electron chi connectivity index (χ1n) is 9.48. The summed E-state index contributed by atoms with van der Waals surface area (Å²) in [5, 5.41) is 12.8. The van der Waals surface area contributed by atoms with Crippen LogP contribution < -0.4 is 16.4 Å². The van der Waals surface area contributed by atoms with E-state index < -0.39 is 5.82 Å². The van der Waals surface area contributed by atoms with Crippen LogP contribution >= 0.6 is 0 Å². The monoisotopic (exact) mass is 420 g/mol. The quantitative estimate of drug-likeness (QED) is 0.415. The number of anilines is 2. The number of hydrogen-bond acceptors (Lipinski definition) is 9. The highest BCUT2D eigenvalue weighted by molar-refractivity contribution is 6.15. The van der Waals surface area contributed by atoms with Crippen molar-refractivity contribution in [2.75, 3.05) is 24.2 Å². The normalized spacial score (nSPS) is 14.1. The van der Waals surface area contributed by atoms with Gasteiger partial charge >= 0.3 is 0 Å². The predicted molar refractivity (Wildman–Crippen MR) is 116 cm³/mol. The molecule has 4 rings (SSSR count). The average Bonchev–Trinajstić information content (AvgIpc) is 3.25. The maximum Gasteiger partial charge on any atom is 0.146 e. The molecule has 31 heavy (non-hydrogen) atoms. The number of nitrogens with zero attached hydrogens (tertiary/aromatic N) is 7. The van der Waals surface area contributed by atoms with Gasteiger partial charge in [0.15, 0.2) is 0 Å². The zero-order valence-electron chi connectivity index (χ0n) is 16.8. The molecule has 0 spiro atoms. The minimum absolute atomic E-state index is 0.0485. The van der Waals surface area contributed by atoms with Gasteiger partial charge in [0, 0.05) is 54.5 Å². The van der Waals surface area contributed by atoms with Crippen LogP contribution in [0.2, 0.25) is 0 Å². The molecule has 5 N–H and O–H groups in total. The predicted octanol–water partition coefficient (Wildman–Crippen LogP) is 1.23. The van der Waals surface area contributed by atoms with Gasteiger partial charge in [-0.3, -0.25) is 10.4 Å². The van der Waals surface area contributed by atoms with Crippen molar-refractivity contribution in [1.29, 1.82) is 5.41 Å². The number of allylic oxidation sites excluding steroid dienone is 1. The third-order valence-corrected chi connectivity index (χ3v) is 5.01. The van der Waals surface area contributed by atoms with Crippen molar-refractivity contribution in [1.82, 2.24) is 24.7 Å². The topological polar surface area (TPSA) is 148 Å². The van der Waals surface area contributed by atoms with Crippen LogP contribution in [-0.2, 0) is 13.1 Å². The molecule has 0 atom stereocenters. The second-order valence-electron chi connectivity index (χ2n) is 6.89. The van der Waals surface area contributed by atoms with Crippen molar-refractivity contribution in [3.63, 3.8) is 0 Å². The van der Waals surface area contributed by atoms with Gasteiger partial charge in [0.1, 0.15) is 30.1 Å². The first-order valence-corrected chi connectivity index (χ1v) is 9.48. The van der Waals surface area contributed by atoms with Crippen molar-refractivity contribution >= 4 is 29.0 Å². The zero-order chi connectivity index (χ0) is 22.0. The Morgan fingerprint density at radius 3 is 2.77 bits per heavy atom. The summed E-state index contributed by atoms with van der Waals surface area (Å²) in [6.45, 7) is 1.94. The van der Waals surface area contributed by atoms with Gasteiger partial charge in [0.05, 0.1) is 24.5 Å². The molecule has 0 fully saturated rings. The van der Waals surface area contributed by atoms with E-state index >= 15 is 0 Å². The molecule has 0 saturated heterocycles. The Bertz CT molecular complexity index is 1200. The highest BCUT2D eigenvalue weighted by Crippen LogP contribution is 2.26. The number of fused-ring (bicyclic) bond motifs is 1. The molecule has 0 aliphatic carbocycles. The molecule has 1 aliphatic rings. The molecule has 3 aromatic rings. The standard InChI is InChI=1S/C20H21FN10/c1-25-8-12(7-22)13-4-14(16(23)5-15(13)21)20(24)17-6-18(27-10-26-17)30-2-3-31-19(9-30)28-11-29-31/h4-8,10-11,24H,2-3,9,22-23H2,1H3. The lowest BCUT2D eigenvalue weighted by molar-refractivity contribution is 0.510. The first-order chi connectivity index (χ1) is 15.0. The first kappa shape index (κ1) is 20.1. The Morgan fingerprint density at radius 1 is 1.16 bits per heavy atom. The molecule has 0 bridgehead atoms. The molecule has 158 valence electrons. The van der Waals surface area contributed by atoms with Crippen LogP contribution in [0.25, 0.3) is 5.57 Å². The van der Waals surface area contributed by atoms with Gasteiger partial charge in [-0.15, -0.1) is 0 Å². The lowest BCUT2D eigenvalue weighted by Gasteiger charge is -2.27. The number of rotatable bonds is 5. The van der Waals surface area contributed by atoms with E-state index in [1.165, 1.54) is 37.2 Å². The summed E-state index contributed by atoms with van der Waals surface area (Å²) < 4.78 is 16.4. The maximum atomic E-state index is 14.5. The minimum atomic E-state index is -0.550. The van der Waals surface area contributed by atoms with Crippen molar-refractivity contribution in [2.45, 2.75) is 13.1 Å². The second kappa shape index (κ2) is 8.30. The van der Waals surface area contributed by atoms with Gasteiger partial charge in [-0.25, -0.2) is 24.0 Å². The van der Waals surface area contributed by atoms with E-state index in [4.69, 9.17) is 16.9 Å². The highest BCUT2D eigenvalue weighted by Gasteiger charge is 2.21. The molecule has 1 aliphatic heterocycles. The molecule has 11 heteroatoms. The van der Waals surface area contributed by atoms with Crippen LogP contribution in [0.15, 0.2) is 42.0 Å². The molecular formula is C20H21FN10. The molecule has 0 unspecified atom stereocenters. The molecule has 10 nitrogen and oxygen atoms in total. The minimum Gasteiger partial charge on any atom is -0.404 e. The van der Waals surface area contributed by atoms with Gasteiger partial charge in [-0.05, 0) is 12.1 Å². The molecular weight excluding hydrogens is 399 g/mol. The summed E-state index contributed by atoms with van der Waals surface area (Å²) in [7, 11) is 1.56. The van der Waals surface area contributed by atoms with Crippen LogP contribution in [0.4, 0.5) is 15.9 Å². The fourth-order valence-corrected chi connectivity index (χ4v) is 3.42. The van der Waals surface area contributed by atoms with Crippen molar-refractivity contribution in [3.05, 3.63) is 65.5 Å². The fraction of sp³-hybridized carbons (Fsp3) is 0.200. The van der Waals surface area contributed by atoms with Crippen LogP contribution in [0.5, 0.6) is 0 Å². The number of nitrogen functional groups attached to an aromatic ring is 1. The van der Waals surface area contributed by atoms with E-state index in [1.807, 2.05) is 9.58 Å². The van der Waals surface area contributed by atoms with Gasteiger partial charge < -0.3 is 16.4 Å². The zero-order valence-corrected chi connectivity index (χ0v) is 16.8. The van der Waals surface area contributed by atoms with Crippen molar-refractivity contribution < 1.29 is 4.39 Å². The smallest absolute Gasteiger partial charge is 0.146 e. The lowest BCUT2D eigenvalue weighted by atomic mass is 9.98. The van der Waals surface area contributed by atoms with Crippen LogP contribution in [0, 0.1) is 11.2 Å². The van der Waals surface area contributed by atoms with Crippen LogP contribution in [-0.4, -0.2) is 50.3 Å². The maximum absolute atomic E-state index is 14.5. The largest absolute Gasteiger partial charge is 0.404 e. The van der Waals surface area contributed by atoms with E-state index in [9.17, 15) is 4.39 Å². The molecule has 1 aromatic carbocycles. The van der Waals surface area contributed by atoms with Gasteiger partial charge in [0.25, 0.3) is 0 Å². The summed E-state index contributed by atoms with van der Waals surface area (Å²) in [6, 6.07) is 4.37. The number of nitrogens with two attached hydrogens (primary N) is 2. The Morgan fingerprint density at radius 2 is 2.00 bits per heavy atom. The number of nitrogens with one attached hydrogen (secondary N) is 1. The summed E-state index contributed by atoms with van der Waals surface area (Å²) in [6.07, 6.45) is 5.63. The van der Waals surface area contributed by atoms with Gasteiger partial charge in [-0.2, -0.15) is 5.10 Å². The van der Waals surface area contributed by atoms with Crippen molar-refractivity contribution in [3.8, 4) is 0 Å². The van der Waals surface area contributed by atoms with E-state index in [0.717, 1.165) is 5.82 Å². The summed E-state index contributed by atoms with van der Waals surface area (Å²) in [5.41, 5.74) is 13.1. The van der Waals surface area contributed by atoms with Gasteiger partial charge in [-0.1, -0.05) is 0 Å². The summed E-state index contributed by atoms with van der Waals surface area (Å²) >= 11 is 0. The van der Waals surface area contributed by atoms with E-state index in [-0.39, 0.29) is 17.0 Å². The Hall–Kier alpha value is -4.15. The Labute approximate surface area is 177 Å². The third kappa shape index (κ3) is 3.84. The number of hydrogen-bond donors (Lipinski definition) is 3. The molecule has 0 radical (unpaired) electrons. The summed E-state index contributed by atoms with van der Waals surface area (Å²) in [4.78, 5) is 18.8. The lowest BCUT2D eigenvalue weighted by Crippen LogP contribution is -2.35. The van der Waals surface area contributed by atoms with E-state index in [0.29, 0.717) is 42.3 Å².